The lowest BCUT2D eigenvalue weighted by atomic mass is 9.89. The van der Waals surface area contributed by atoms with E-state index in [2.05, 4.69) is 5.32 Å². The van der Waals surface area contributed by atoms with Gasteiger partial charge in [0.1, 0.15) is 0 Å². The molecule has 2 unspecified atom stereocenters. The molecule has 1 heterocycles. The van der Waals surface area contributed by atoms with Crippen LogP contribution >= 0.6 is 11.8 Å². The Morgan fingerprint density at radius 3 is 2.33 bits per heavy atom. The van der Waals surface area contributed by atoms with Crippen LogP contribution < -0.4 is 19.5 Å². The number of hydrogen-bond donors (Lipinski definition) is 1. The van der Waals surface area contributed by atoms with E-state index in [9.17, 15) is 14.4 Å². The summed E-state index contributed by atoms with van der Waals surface area (Å²) < 4.78 is 16.0. The number of carbonyl (C=O) groups is 3. The SMILES string of the molecule is COc1cc(/C=C/C(=O)NC2CCCCC2N2C(=O)CSC2=O)cc(OC)c1OC. The number of imide groups is 1. The minimum absolute atomic E-state index is 0.177. The molecule has 0 spiro atoms. The maximum absolute atomic E-state index is 12.6. The van der Waals surface area contributed by atoms with Crippen molar-refractivity contribution in [3.05, 3.63) is 23.8 Å². The van der Waals surface area contributed by atoms with Gasteiger partial charge in [0.2, 0.25) is 17.6 Å². The van der Waals surface area contributed by atoms with Crippen molar-refractivity contribution in [1.82, 2.24) is 10.2 Å². The maximum atomic E-state index is 12.6. The normalized spacial score (nSPS) is 21.8. The first kappa shape index (κ1) is 22.0. The Balaban J connectivity index is 1.72. The van der Waals surface area contributed by atoms with Crippen LogP contribution in [-0.2, 0) is 9.59 Å². The van der Waals surface area contributed by atoms with Crippen LogP contribution in [-0.4, -0.2) is 61.1 Å². The molecule has 0 bridgehead atoms. The minimum Gasteiger partial charge on any atom is -0.493 e. The van der Waals surface area contributed by atoms with Crippen molar-refractivity contribution in [3.8, 4) is 17.2 Å². The largest absolute Gasteiger partial charge is 0.493 e. The van der Waals surface area contributed by atoms with Gasteiger partial charge in [-0.2, -0.15) is 0 Å². The van der Waals surface area contributed by atoms with Crippen LogP contribution in [0.3, 0.4) is 0 Å². The van der Waals surface area contributed by atoms with E-state index < -0.39 is 0 Å². The number of amides is 3. The minimum atomic E-state index is -0.285. The Morgan fingerprint density at radius 2 is 1.77 bits per heavy atom. The van der Waals surface area contributed by atoms with Gasteiger partial charge in [-0.15, -0.1) is 0 Å². The predicted molar refractivity (Wildman–Crippen MR) is 114 cm³/mol. The number of carbonyl (C=O) groups excluding carboxylic acids is 3. The quantitative estimate of drug-likeness (QED) is 0.660. The summed E-state index contributed by atoms with van der Waals surface area (Å²) in [5, 5.41) is 2.75. The van der Waals surface area contributed by atoms with E-state index in [1.165, 1.54) is 32.3 Å². The molecule has 2 atom stereocenters. The fourth-order valence-corrected chi connectivity index (χ4v) is 4.64. The van der Waals surface area contributed by atoms with Crippen LogP contribution in [0, 0.1) is 0 Å². The summed E-state index contributed by atoms with van der Waals surface area (Å²) in [7, 11) is 4.58. The van der Waals surface area contributed by atoms with Gasteiger partial charge in [0.15, 0.2) is 11.5 Å². The second-order valence-electron chi connectivity index (χ2n) is 7.08. The van der Waals surface area contributed by atoms with E-state index in [-0.39, 0.29) is 34.9 Å². The number of hydrogen-bond acceptors (Lipinski definition) is 7. The molecule has 1 aromatic rings. The van der Waals surface area contributed by atoms with E-state index in [1.54, 1.807) is 18.2 Å². The van der Waals surface area contributed by atoms with Crippen LogP contribution in [0.5, 0.6) is 17.2 Å². The van der Waals surface area contributed by atoms with Gasteiger partial charge in [-0.1, -0.05) is 24.6 Å². The number of nitrogens with zero attached hydrogens (tertiary/aromatic N) is 1. The van der Waals surface area contributed by atoms with Crippen molar-refractivity contribution in [2.45, 2.75) is 37.8 Å². The van der Waals surface area contributed by atoms with Crippen molar-refractivity contribution in [1.29, 1.82) is 0 Å². The van der Waals surface area contributed by atoms with E-state index >= 15 is 0 Å². The van der Waals surface area contributed by atoms with Gasteiger partial charge in [-0.3, -0.25) is 19.3 Å². The first-order chi connectivity index (χ1) is 14.5. The van der Waals surface area contributed by atoms with E-state index in [0.717, 1.165) is 31.0 Å². The third-order valence-corrected chi connectivity index (χ3v) is 6.12. The molecular formula is C21H26N2O6S. The standard InChI is InChI=1S/C21H26N2O6S/c1-27-16-10-13(11-17(28-2)20(16)29-3)8-9-18(24)22-14-6-4-5-7-15(14)23-19(25)12-30-21(23)26/h8-11,14-15H,4-7,12H2,1-3H3,(H,22,24)/b9-8+. The fourth-order valence-electron chi connectivity index (χ4n) is 3.87. The smallest absolute Gasteiger partial charge is 0.289 e. The highest BCUT2D eigenvalue weighted by atomic mass is 32.2. The molecule has 3 rings (SSSR count). The average Bonchev–Trinajstić information content (AvgIpc) is 3.09. The van der Waals surface area contributed by atoms with Gasteiger partial charge in [0, 0.05) is 6.08 Å². The van der Waals surface area contributed by atoms with Gasteiger partial charge in [0.05, 0.1) is 39.2 Å². The molecule has 0 aromatic heterocycles. The molecule has 1 N–H and O–H groups in total. The molecule has 1 aliphatic carbocycles. The summed E-state index contributed by atoms with van der Waals surface area (Å²) in [6.07, 6.45) is 6.39. The molecule has 162 valence electrons. The fraction of sp³-hybridized carbons (Fsp3) is 0.476. The van der Waals surface area contributed by atoms with Crippen LogP contribution in [0.2, 0.25) is 0 Å². The lowest BCUT2D eigenvalue weighted by molar-refractivity contribution is -0.128. The first-order valence-corrected chi connectivity index (χ1v) is 10.7. The third-order valence-electron chi connectivity index (χ3n) is 5.29. The van der Waals surface area contributed by atoms with Crippen molar-refractivity contribution >= 4 is 34.9 Å². The molecule has 1 saturated carbocycles. The number of thioether (sulfide) groups is 1. The Morgan fingerprint density at radius 1 is 1.10 bits per heavy atom. The second kappa shape index (κ2) is 9.88. The molecule has 8 nitrogen and oxygen atoms in total. The van der Waals surface area contributed by atoms with Crippen LogP contribution in [0.25, 0.3) is 6.08 Å². The Hall–Kier alpha value is -2.68. The van der Waals surface area contributed by atoms with Crippen molar-refractivity contribution in [2.75, 3.05) is 27.1 Å². The molecule has 0 radical (unpaired) electrons. The maximum Gasteiger partial charge on any atom is 0.289 e. The Kier molecular flexibility index (Phi) is 7.25. The highest BCUT2D eigenvalue weighted by Gasteiger charge is 2.41. The lowest BCUT2D eigenvalue weighted by Gasteiger charge is -2.36. The molecule has 3 amide bonds. The van der Waals surface area contributed by atoms with Gasteiger partial charge in [-0.25, -0.2) is 0 Å². The number of methoxy groups -OCH3 is 3. The van der Waals surface area contributed by atoms with Gasteiger partial charge < -0.3 is 19.5 Å². The molecular weight excluding hydrogens is 408 g/mol. The Bertz CT molecular complexity index is 815. The average molecular weight is 435 g/mol. The molecule has 1 aromatic carbocycles. The summed E-state index contributed by atoms with van der Waals surface area (Å²) in [5.74, 6) is 1.18. The monoisotopic (exact) mass is 434 g/mol. The number of rotatable bonds is 7. The second-order valence-corrected chi connectivity index (χ2v) is 8.00. The zero-order valence-corrected chi connectivity index (χ0v) is 18.1. The molecule has 1 saturated heterocycles. The molecule has 2 aliphatic rings. The number of benzene rings is 1. The highest BCUT2D eigenvalue weighted by molar-refractivity contribution is 8.14. The van der Waals surface area contributed by atoms with Crippen LogP contribution in [0.15, 0.2) is 18.2 Å². The molecule has 9 heteroatoms. The summed E-state index contributed by atoms with van der Waals surface area (Å²) >= 11 is 1.02. The molecule has 1 aliphatic heterocycles. The Labute approximate surface area is 179 Å². The van der Waals surface area contributed by atoms with Crippen molar-refractivity contribution in [3.63, 3.8) is 0 Å². The predicted octanol–water partition coefficient (Wildman–Crippen LogP) is 2.85. The molecule has 2 fully saturated rings. The number of ether oxygens (including phenoxy) is 3. The highest BCUT2D eigenvalue weighted by Crippen LogP contribution is 2.38. The van der Waals surface area contributed by atoms with E-state index in [0.29, 0.717) is 29.2 Å². The summed E-state index contributed by atoms with van der Waals surface area (Å²) in [6.45, 7) is 0. The van der Waals surface area contributed by atoms with Crippen molar-refractivity contribution < 1.29 is 28.6 Å². The lowest BCUT2D eigenvalue weighted by Crippen LogP contribution is -2.54. The third kappa shape index (κ3) is 4.72. The van der Waals surface area contributed by atoms with Crippen LogP contribution in [0.1, 0.15) is 31.2 Å². The topological polar surface area (TPSA) is 94.2 Å². The zero-order chi connectivity index (χ0) is 21.7. The van der Waals surface area contributed by atoms with Gasteiger partial charge in [0.25, 0.3) is 5.24 Å². The van der Waals surface area contributed by atoms with E-state index in [1.807, 2.05) is 0 Å². The summed E-state index contributed by atoms with van der Waals surface area (Å²) in [4.78, 5) is 38.1. The summed E-state index contributed by atoms with van der Waals surface area (Å²) in [6, 6.07) is 2.95. The zero-order valence-electron chi connectivity index (χ0n) is 17.3. The van der Waals surface area contributed by atoms with Crippen LogP contribution in [0.4, 0.5) is 4.79 Å². The first-order valence-electron chi connectivity index (χ1n) is 9.76. The molecule has 30 heavy (non-hydrogen) atoms. The van der Waals surface area contributed by atoms with Gasteiger partial charge >= 0.3 is 0 Å². The number of nitrogens with one attached hydrogen (secondary N) is 1. The van der Waals surface area contributed by atoms with Gasteiger partial charge in [-0.05, 0) is 36.6 Å². The van der Waals surface area contributed by atoms with E-state index in [4.69, 9.17) is 14.2 Å². The summed E-state index contributed by atoms with van der Waals surface area (Å²) in [5.41, 5.74) is 0.709. The van der Waals surface area contributed by atoms with Crippen molar-refractivity contribution in [2.24, 2.45) is 0 Å².